The standard InChI is InChI=1S/C15H21N3/c1-12(2)15(18-11-7-10-17-18)14(16-3)13-8-5-4-6-9-13/h4-12,14-16H,1-3H3. The number of nitrogens with one attached hydrogen (secondary N) is 1. The van der Waals surface area contributed by atoms with Crippen LogP contribution in [-0.2, 0) is 0 Å². The van der Waals surface area contributed by atoms with E-state index in [1.165, 1.54) is 5.56 Å². The number of hydrogen-bond acceptors (Lipinski definition) is 2. The van der Waals surface area contributed by atoms with E-state index < -0.39 is 0 Å². The predicted molar refractivity (Wildman–Crippen MR) is 74.3 cm³/mol. The number of likely N-dealkylation sites (N-methyl/N-ethyl adjacent to an activating group) is 1. The number of hydrogen-bond donors (Lipinski definition) is 1. The topological polar surface area (TPSA) is 29.9 Å². The van der Waals surface area contributed by atoms with Crippen LogP contribution in [0.3, 0.4) is 0 Å². The maximum absolute atomic E-state index is 4.41. The fourth-order valence-electron chi connectivity index (χ4n) is 2.50. The molecular weight excluding hydrogens is 222 g/mol. The van der Waals surface area contributed by atoms with Crippen molar-refractivity contribution < 1.29 is 0 Å². The van der Waals surface area contributed by atoms with Crippen molar-refractivity contribution >= 4 is 0 Å². The van der Waals surface area contributed by atoms with Crippen molar-refractivity contribution in [2.45, 2.75) is 25.9 Å². The van der Waals surface area contributed by atoms with Gasteiger partial charge in [0.1, 0.15) is 0 Å². The Bertz CT molecular complexity index is 448. The minimum atomic E-state index is 0.270. The molecule has 0 amide bonds. The smallest absolute Gasteiger partial charge is 0.0736 e. The molecule has 1 aromatic heterocycles. The molecular formula is C15H21N3. The van der Waals surface area contributed by atoms with Crippen molar-refractivity contribution in [3.8, 4) is 0 Å². The van der Waals surface area contributed by atoms with Gasteiger partial charge in [-0.3, -0.25) is 4.68 Å². The van der Waals surface area contributed by atoms with Crippen LogP contribution in [0.4, 0.5) is 0 Å². The summed E-state index contributed by atoms with van der Waals surface area (Å²) in [5, 5.41) is 7.84. The number of rotatable bonds is 5. The molecule has 0 radical (unpaired) electrons. The molecule has 1 aromatic carbocycles. The van der Waals surface area contributed by atoms with Gasteiger partial charge in [0.15, 0.2) is 0 Å². The van der Waals surface area contributed by atoms with Gasteiger partial charge in [-0.1, -0.05) is 44.2 Å². The molecule has 0 aliphatic carbocycles. The van der Waals surface area contributed by atoms with Gasteiger partial charge in [0.25, 0.3) is 0 Å². The Hall–Kier alpha value is -1.61. The molecule has 0 fully saturated rings. The quantitative estimate of drug-likeness (QED) is 0.874. The Balaban J connectivity index is 2.35. The van der Waals surface area contributed by atoms with Gasteiger partial charge in [-0.15, -0.1) is 0 Å². The molecule has 2 unspecified atom stereocenters. The normalized spacial score (nSPS) is 14.7. The Kier molecular flexibility index (Phi) is 4.15. The fraction of sp³-hybridized carbons (Fsp3) is 0.400. The molecule has 0 saturated heterocycles. The number of aromatic nitrogens is 2. The van der Waals surface area contributed by atoms with Crippen LogP contribution in [0.15, 0.2) is 48.8 Å². The lowest BCUT2D eigenvalue weighted by atomic mass is 9.91. The third-order valence-electron chi connectivity index (χ3n) is 3.32. The maximum atomic E-state index is 4.41. The summed E-state index contributed by atoms with van der Waals surface area (Å²) in [6.45, 7) is 4.47. The first kappa shape index (κ1) is 12.8. The highest BCUT2D eigenvalue weighted by Crippen LogP contribution is 2.31. The molecule has 3 heteroatoms. The van der Waals surface area contributed by atoms with Gasteiger partial charge in [0, 0.05) is 12.4 Å². The van der Waals surface area contributed by atoms with Crippen molar-refractivity contribution in [2.75, 3.05) is 7.05 Å². The molecule has 0 aliphatic rings. The Morgan fingerprint density at radius 3 is 2.33 bits per heavy atom. The van der Waals surface area contributed by atoms with Crippen molar-refractivity contribution in [1.82, 2.24) is 15.1 Å². The first-order valence-electron chi connectivity index (χ1n) is 6.45. The summed E-state index contributed by atoms with van der Waals surface area (Å²) in [5.41, 5.74) is 1.30. The zero-order chi connectivity index (χ0) is 13.0. The second-order valence-corrected chi connectivity index (χ2v) is 4.90. The summed E-state index contributed by atoms with van der Waals surface area (Å²) in [4.78, 5) is 0. The Labute approximate surface area is 109 Å². The minimum absolute atomic E-state index is 0.270. The van der Waals surface area contributed by atoms with E-state index in [1.54, 1.807) is 0 Å². The van der Waals surface area contributed by atoms with Gasteiger partial charge in [0.2, 0.25) is 0 Å². The summed E-state index contributed by atoms with van der Waals surface area (Å²) in [7, 11) is 2.01. The molecule has 3 nitrogen and oxygen atoms in total. The largest absolute Gasteiger partial charge is 0.311 e. The zero-order valence-electron chi connectivity index (χ0n) is 11.2. The monoisotopic (exact) mass is 243 g/mol. The summed E-state index contributed by atoms with van der Waals surface area (Å²) in [6, 6.07) is 13.1. The Morgan fingerprint density at radius 1 is 1.11 bits per heavy atom. The number of nitrogens with zero attached hydrogens (tertiary/aromatic N) is 2. The maximum Gasteiger partial charge on any atom is 0.0736 e. The van der Waals surface area contributed by atoms with Crippen molar-refractivity contribution in [2.24, 2.45) is 5.92 Å². The lowest BCUT2D eigenvalue weighted by molar-refractivity contribution is 0.268. The molecule has 0 spiro atoms. The lowest BCUT2D eigenvalue weighted by Gasteiger charge is -2.30. The van der Waals surface area contributed by atoms with Gasteiger partial charge in [-0.2, -0.15) is 5.10 Å². The van der Waals surface area contributed by atoms with Crippen LogP contribution in [0.25, 0.3) is 0 Å². The van der Waals surface area contributed by atoms with Crippen LogP contribution in [-0.4, -0.2) is 16.8 Å². The molecule has 2 rings (SSSR count). The zero-order valence-corrected chi connectivity index (χ0v) is 11.2. The van der Waals surface area contributed by atoms with Gasteiger partial charge < -0.3 is 5.32 Å². The van der Waals surface area contributed by atoms with Crippen LogP contribution in [0.5, 0.6) is 0 Å². The lowest BCUT2D eigenvalue weighted by Crippen LogP contribution is -2.31. The third-order valence-corrected chi connectivity index (χ3v) is 3.32. The number of benzene rings is 1. The van der Waals surface area contributed by atoms with Crippen molar-refractivity contribution in [3.63, 3.8) is 0 Å². The van der Waals surface area contributed by atoms with E-state index in [4.69, 9.17) is 0 Å². The van der Waals surface area contributed by atoms with Gasteiger partial charge in [-0.25, -0.2) is 0 Å². The van der Waals surface area contributed by atoms with Crippen LogP contribution in [0.1, 0.15) is 31.5 Å². The van der Waals surface area contributed by atoms with Crippen molar-refractivity contribution in [1.29, 1.82) is 0 Å². The molecule has 0 saturated carbocycles. The fourth-order valence-corrected chi connectivity index (χ4v) is 2.50. The van der Waals surface area contributed by atoms with E-state index in [1.807, 2.05) is 25.5 Å². The van der Waals surface area contributed by atoms with E-state index >= 15 is 0 Å². The highest BCUT2D eigenvalue weighted by atomic mass is 15.3. The molecule has 1 N–H and O–H groups in total. The molecule has 2 aromatic rings. The second-order valence-electron chi connectivity index (χ2n) is 4.90. The molecule has 0 bridgehead atoms. The average Bonchev–Trinajstić information content (AvgIpc) is 2.89. The highest BCUT2D eigenvalue weighted by Gasteiger charge is 2.26. The van der Waals surface area contributed by atoms with E-state index in [9.17, 15) is 0 Å². The summed E-state index contributed by atoms with van der Waals surface area (Å²) < 4.78 is 2.05. The van der Waals surface area contributed by atoms with Crippen LogP contribution in [0, 0.1) is 5.92 Å². The van der Waals surface area contributed by atoms with Crippen LogP contribution in [0.2, 0.25) is 0 Å². The average molecular weight is 243 g/mol. The first-order valence-corrected chi connectivity index (χ1v) is 6.45. The SMILES string of the molecule is CNC(c1ccccc1)C(C(C)C)n1cccn1. The summed E-state index contributed by atoms with van der Waals surface area (Å²) in [6.07, 6.45) is 3.88. The minimum Gasteiger partial charge on any atom is -0.311 e. The molecule has 1 heterocycles. The van der Waals surface area contributed by atoms with Crippen LogP contribution >= 0.6 is 0 Å². The summed E-state index contributed by atoms with van der Waals surface area (Å²) in [5.74, 6) is 0.502. The third kappa shape index (κ3) is 2.62. The van der Waals surface area contributed by atoms with E-state index in [2.05, 4.69) is 59.3 Å². The van der Waals surface area contributed by atoms with E-state index in [-0.39, 0.29) is 6.04 Å². The predicted octanol–water partition coefficient (Wildman–Crippen LogP) is 3.04. The van der Waals surface area contributed by atoms with E-state index in [0.29, 0.717) is 12.0 Å². The van der Waals surface area contributed by atoms with E-state index in [0.717, 1.165) is 0 Å². The second kappa shape index (κ2) is 5.83. The van der Waals surface area contributed by atoms with Gasteiger partial charge >= 0.3 is 0 Å². The molecule has 2 atom stereocenters. The van der Waals surface area contributed by atoms with Gasteiger partial charge in [-0.05, 0) is 24.6 Å². The van der Waals surface area contributed by atoms with Gasteiger partial charge in [0.05, 0.1) is 12.1 Å². The first-order chi connectivity index (χ1) is 8.74. The molecule has 0 aliphatic heterocycles. The van der Waals surface area contributed by atoms with Crippen molar-refractivity contribution in [3.05, 3.63) is 54.4 Å². The summed E-state index contributed by atoms with van der Waals surface area (Å²) >= 11 is 0. The highest BCUT2D eigenvalue weighted by molar-refractivity contribution is 5.20. The molecule has 18 heavy (non-hydrogen) atoms. The van der Waals surface area contributed by atoms with Crippen LogP contribution < -0.4 is 5.32 Å². The Morgan fingerprint density at radius 2 is 1.83 bits per heavy atom. The molecule has 96 valence electrons.